The van der Waals surface area contributed by atoms with Gasteiger partial charge in [-0.25, -0.2) is 14.4 Å². The molecule has 156 valence electrons. The lowest BCUT2D eigenvalue weighted by atomic mass is 9.83. The zero-order valence-electron chi connectivity index (χ0n) is 17.2. The van der Waals surface area contributed by atoms with Gasteiger partial charge in [0.2, 0.25) is 0 Å². The van der Waals surface area contributed by atoms with E-state index in [1.54, 1.807) is 12.1 Å². The summed E-state index contributed by atoms with van der Waals surface area (Å²) in [4.78, 5) is 11.7. The van der Waals surface area contributed by atoms with E-state index in [4.69, 9.17) is 16.6 Å². The smallest absolute Gasteiger partial charge is 0.151 e. The lowest BCUT2D eigenvalue weighted by molar-refractivity contribution is 0.160. The molecule has 1 fully saturated rings. The number of piperidine rings is 1. The summed E-state index contributed by atoms with van der Waals surface area (Å²) < 4.78 is 16.5. The highest BCUT2D eigenvalue weighted by Gasteiger charge is 2.43. The topological polar surface area (TPSA) is 46.0 Å². The predicted octanol–water partition coefficient (Wildman–Crippen LogP) is 5.10. The van der Waals surface area contributed by atoms with E-state index in [9.17, 15) is 4.39 Å². The predicted molar refractivity (Wildman–Crippen MR) is 117 cm³/mol. The number of aromatic nitrogens is 3. The molecule has 0 saturated carbocycles. The van der Waals surface area contributed by atoms with E-state index >= 15 is 0 Å². The van der Waals surface area contributed by atoms with E-state index in [1.807, 2.05) is 18.5 Å². The summed E-state index contributed by atoms with van der Waals surface area (Å²) in [5.74, 6) is 2.04. The first-order chi connectivity index (χ1) is 14.5. The molecule has 4 heterocycles. The molecule has 0 amide bonds. The lowest BCUT2D eigenvalue weighted by Crippen LogP contribution is -2.49. The number of benzene rings is 1. The van der Waals surface area contributed by atoms with Gasteiger partial charge in [0.15, 0.2) is 5.82 Å². The SMILES string of the molecule is CC(C)c1ncc2n1-c1cccnc1NC21CCN(Cc2ccc(Cl)cc2F)CC1. The Labute approximate surface area is 180 Å². The van der Waals surface area contributed by atoms with Crippen LogP contribution in [0.1, 0.15) is 49.7 Å². The first kappa shape index (κ1) is 19.5. The van der Waals surface area contributed by atoms with Crippen LogP contribution in [0, 0.1) is 5.82 Å². The summed E-state index contributed by atoms with van der Waals surface area (Å²) >= 11 is 5.89. The van der Waals surface area contributed by atoms with Crippen LogP contribution in [0.2, 0.25) is 5.02 Å². The lowest BCUT2D eigenvalue weighted by Gasteiger charge is -2.45. The van der Waals surface area contributed by atoms with Crippen molar-refractivity contribution in [3.8, 4) is 5.69 Å². The minimum Gasteiger partial charge on any atom is -0.357 e. The quantitative estimate of drug-likeness (QED) is 0.634. The molecule has 30 heavy (non-hydrogen) atoms. The molecule has 2 aliphatic heterocycles. The molecule has 7 heteroatoms. The first-order valence-corrected chi connectivity index (χ1v) is 10.8. The Morgan fingerprint density at radius 3 is 2.73 bits per heavy atom. The highest BCUT2D eigenvalue weighted by molar-refractivity contribution is 6.30. The minimum atomic E-state index is -0.239. The van der Waals surface area contributed by atoms with E-state index in [1.165, 1.54) is 11.8 Å². The number of pyridine rings is 1. The van der Waals surface area contributed by atoms with Crippen molar-refractivity contribution in [2.24, 2.45) is 0 Å². The summed E-state index contributed by atoms with van der Waals surface area (Å²) in [5, 5.41) is 4.17. The number of rotatable bonds is 3. The molecule has 5 nitrogen and oxygen atoms in total. The van der Waals surface area contributed by atoms with Crippen molar-refractivity contribution in [3.05, 3.63) is 70.6 Å². The van der Waals surface area contributed by atoms with E-state index in [-0.39, 0.29) is 11.4 Å². The van der Waals surface area contributed by atoms with Crippen LogP contribution in [-0.2, 0) is 12.1 Å². The van der Waals surface area contributed by atoms with E-state index in [0.29, 0.717) is 23.0 Å². The zero-order valence-corrected chi connectivity index (χ0v) is 18.0. The number of fused-ring (bicyclic) bond motifs is 4. The maximum Gasteiger partial charge on any atom is 0.151 e. The number of hydrogen-bond donors (Lipinski definition) is 1. The Balaban J connectivity index is 1.43. The van der Waals surface area contributed by atoms with Crippen LogP contribution in [0.4, 0.5) is 10.2 Å². The van der Waals surface area contributed by atoms with Crippen molar-refractivity contribution in [3.63, 3.8) is 0 Å². The fraction of sp³-hybridized carbons (Fsp3) is 0.391. The number of imidazole rings is 1. The molecule has 1 aromatic carbocycles. The number of anilines is 1. The van der Waals surface area contributed by atoms with Crippen molar-refractivity contribution < 1.29 is 4.39 Å². The average molecular weight is 426 g/mol. The standard InChI is InChI=1S/C23H25ClFN5/c1-15(2)22-27-13-20-23(28-21-19(30(20)22)4-3-9-26-21)7-10-29(11-8-23)14-16-5-6-17(24)12-18(16)25/h3-6,9,12-13,15H,7-8,10-11,14H2,1-2H3,(H,26,28). The van der Waals surface area contributed by atoms with Gasteiger partial charge < -0.3 is 5.32 Å². The highest BCUT2D eigenvalue weighted by atomic mass is 35.5. The van der Waals surface area contributed by atoms with Crippen LogP contribution in [-0.4, -0.2) is 32.5 Å². The molecule has 1 spiro atoms. The van der Waals surface area contributed by atoms with Gasteiger partial charge in [-0.3, -0.25) is 9.47 Å². The van der Waals surface area contributed by atoms with Crippen LogP contribution in [0.25, 0.3) is 5.69 Å². The molecule has 1 N–H and O–H groups in total. The highest BCUT2D eigenvalue weighted by Crippen LogP contribution is 2.44. The van der Waals surface area contributed by atoms with Crippen molar-refractivity contribution in [2.75, 3.05) is 18.4 Å². The van der Waals surface area contributed by atoms with Gasteiger partial charge in [-0.1, -0.05) is 31.5 Å². The van der Waals surface area contributed by atoms with E-state index in [0.717, 1.165) is 43.3 Å². The van der Waals surface area contributed by atoms with Crippen LogP contribution < -0.4 is 5.32 Å². The first-order valence-electron chi connectivity index (χ1n) is 10.4. The van der Waals surface area contributed by atoms with Gasteiger partial charge in [0.1, 0.15) is 11.6 Å². The number of halogens is 2. The Kier molecular flexibility index (Phi) is 4.79. The fourth-order valence-electron chi connectivity index (χ4n) is 4.69. The van der Waals surface area contributed by atoms with Crippen molar-refractivity contribution in [1.29, 1.82) is 0 Å². The number of likely N-dealkylation sites (tertiary alicyclic amines) is 1. The van der Waals surface area contributed by atoms with Gasteiger partial charge in [0, 0.05) is 42.3 Å². The molecule has 2 aromatic heterocycles. The molecule has 0 aliphatic carbocycles. The number of nitrogens with one attached hydrogen (secondary N) is 1. The molecule has 0 radical (unpaired) electrons. The fourth-order valence-corrected chi connectivity index (χ4v) is 4.85. The molecule has 0 unspecified atom stereocenters. The van der Waals surface area contributed by atoms with Crippen LogP contribution in [0.3, 0.4) is 0 Å². The summed E-state index contributed by atoms with van der Waals surface area (Å²) in [6, 6.07) is 8.99. The van der Waals surface area contributed by atoms with Gasteiger partial charge in [0.05, 0.1) is 23.1 Å². The summed E-state index contributed by atoms with van der Waals surface area (Å²) in [7, 11) is 0. The van der Waals surface area contributed by atoms with E-state index in [2.05, 4.69) is 39.7 Å². The Morgan fingerprint density at radius 2 is 2.00 bits per heavy atom. The van der Waals surface area contributed by atoms with Crippen molar-refractivity contribution in [2.45, 2.75) is 44.7 Å². The Bertz CT molecular complexity index is 1080. The number of nitrogens with zero attached hydrogens (tertiary/aromatic N) is 4. The molecule has 0 bridgehead atoms. The zero-order chi connectivity index (χ0) is 20.9. The van der Waals surface area contributed by atoms with Gasteiger partial charge in [-0.05, 0) is 37.1 Å². The summed E-state index contributed by atoms with van der Waals surface area (Å²) in [6.45, 7) is 6.65. The molecule has 0 atom stereocenters. The molecular formula is C23H25ClFN5. The molecule has 5 rings (SSSR count). The molecule has 3 aromatic rings. The maximum atomic E-state index is 14.3. The van der Waals surface area contributed by atoms with Gasteiger partial charge in [-0.2, -0.15) is 0 Å². The van der Waals surface area contributed by atoms with Crippen LogP contribution >= 0.6 is 11.6 Å². The third kappa shape index (κ3) is 3.19. The average Bonchev–Trinajstić information content (AvgIpc) is 3.19. The molecular weight excluding hydrogens is 401 g/mol. The largest absolute Gasteiger partial charge is 0.357 e. The van der Waals surface area contributed by atoms with Crippen LogP contribution in [0.15, 0.2) is 42.7 Å². The van der Waals surface area contributed by atoms with Crippen LogP contribution in [0.5, 0.6) is 0 Å². The second kappa shape index (κ2) is 7.36. The summed E-state index contributed by atoms with van der Waals surface area (Å²) in [5.41, 5.74) is 2.73. The summed E-state index contributed by atoms with van der Waals surface area (Å²) in [6.07, 6.45) is 5.66. The Hall–Kier alpha value is -2.44. The van der Waals surface area contributed by atoms with Crippen molar-refractivity contribution in [1.82, 2.24) is 19.4 Å². The van der Waals surface area contributed by atoms with E-state index < -0.39 is 0 Å². The minimum absolute atomic E-state index is 0.212. The van der Waals surface area contributed by atoms with Gasteiger partial charge >= 0.3 is 0 Å². The number of hydrogen-bond acceptors (Lipinski definition) is 4. The molecule has 2 aliphatic rings. The second-order valence-electron chi connectivity index (χ2n) is 8.58. The third-order valence-corrected chi connectivity index (χ3v) is 6.53. The van der Waals surface area contributed by atoms with Gasteiger partial charge in [0.25, 0.3) is 0 Å². The van der Waals surface area contributed by atoms with Gasteiger partial charge in [-0.15, -0.1) is 0 Å². The maximum absolute atomic E-state index is 14.3. The Morgan fingerprint density at radius 1 is 1.20 bits per heavy atom. The molecule has 1 saturated heterocycles. The third-order valence-electron chi connectivity index (χ3n) is 6.30. The second-order valence-corrected chi connectivity index (χ2v) is 9.02. The van der Waals surface area contributed by atoms with Crippen molar-refractivity contribution >= 4 is 17.4 Å². The monoisotopic (exact) mass is 425 g/mol. The normalized spacial score (nSPS) is 17.6.